The van der Waals surface area contributed by atoms with Crippen LogP contribution in [0, 0.1) is 6.92 Å². The van der Waals surface area contributed by atoms with Crippen LogP contribution in [0.3, 0.4) is 0 Å². The molecule has 0 aliphatic heterocycles. The molecule has 104 valence electrons. The van der Waals surface area contributed by atoms with E-state index in [1.807, 2.05) is 26.0 Å². The maximum absolute atomic E-state index is 12.3. The van der Waals surface area contributed by atoms with Gasteiger partial charge in [0.1, 0.15) is 0 Å². The summed E-state index contributed by atoms with van der Waals surface area (Å²) in [6, 6.07) is 5.50. The third-order valence-corrected chi connectivity index (χ3v) is 4.53. The fraction of sp³-hybridized carbons (Fsp3) is 0.500. The van der Waals surface area contributed by atoms with E-state index in [9.17, 15) is 4.79 Å². The standard InChI is InChI=1S/C14H19BrN2O2/c1-3-19-11-7-10(16)13(11)17-14(18)9-6-4-5-8(2)12(9)15/h4-6,10-11,13H,3,7,16H2,1-2H3,(H,17,18). The van der Waals surface area contributed by atoms with Crippen molar-refractivity contribution in [1.82, 2.24) is 5.32 Å². The maximum Gasteiger partial charge on any atom is 0.252 e. The van der Waals surface area contributed by atoms with Gasteiger partial charge < -0.3 is 15.8 Å². The van der Waals surface area contributed by atoms with Crippen molar-refractivity contribution in [2.45, 2.75) is 38.5 Å². The first kappa shape index (κ1) is 14.5. The van der Waals surface area contributed by atoms with E-state index in [1.54, 1.807) is 6.07 Å². The average molecular weight is 327 g/mol. The van der Waals surface area contributed by atoms with E-state index in [0.717, 1.165) is 16.5 Å². The molecule has 0 spiro atoms. The van der Waals surface area contributed by atoms with Crippen LogP contribution >= 0.6 is 15.9 Å². The molecule has 1 amide bonds. The van der Waals surface area contributed by atoms with Crippen LogP contribution in [0.4, 0.5) is 0 Å². The van der Waals surface area contributed by atoms with E-state index in [-0.39, 0.29) is 24.1 Å². The number of aryl methyl sites for hydroxylation is 1. The molecular formula is C14H19BrN2O2. The molecule has 2 rings (SSSR count). The number of nitrogens with one attached hydrogen (secondary N) is 1. The third-order valence-electron chi connectivity index (χ3n) is 3.48. The predicted octanol–water partition coefficient (Wildman–Crippen LogP) is 1.99. The highest BCUT2D eigenvalue weighted by atomic mass is 79.9. The van der Waals surface area contributed by atoms with Crippen molar-refractivity contribution in [3.05, 3.63) is 33.8 Å². The van der Waals surface area contributed by atoms with Crippen LogP contribution in [0.2, 0.25) is 0 Å². The van der Waals surface area contributed by atoms with Crippen molar-refractivity contribution in [3.8, 4) is 0 Å². The first-order valence-electron chi connectivity index (χ1n) is 6.47. The van der Waals surface area contributed by atoms with Gasteiger partial charge in [0, 0.05) is 17.1 Å². The molecule has 1 saturated carbocycles. The second-order valence-corrected chi connectivity index (χ2v) is 5.62. The quantitative estimate of drug-likeness (QED) is 0.889. The smallest absolute Gasteiger partial charge is 0.252 e. The number of carbonyl (C=O) groups is 1. The van der Waals surface area contributed by atoms with Crippen molar-refractivity contribution >= 4 is 21.8 Å². The largest absolute Gasteiger partial charge is 0.376 e. The molecule has 3 atom stereocenters. The van der Waals surface area contributed by atoms with E-state index < -0.39 is 0 Å². The summed E-state index contributed by atoms with van der Waals surface area (Å²) in [7, 11) is 0. The lowest BCUT2D eigenvalue weighted by molar-refractivity contribution is -0.0300. The summed E-state index contributed by atoms with van der Waals surface area (Å²) >= 11 is 3.45. The van der Waals surface area contributed by atoms with Crippen molar-refractivity contribution < 1.29 is 9.53 Å². The summed E-state index contributed by atoms with van der Waals surface area (Å²) in [4.78, 5) is 12.3. The molecule has 4 nitrogen and oxygen atoms in total. The SMILES string of the molecule is CCOC1CC(N)C1NC(=O)c1cccc(C)c1Br. The topological polar surface area (TPSA) is 64.3 Å². The van der Waals surface area contributed by atoms with Gasteiger partial charge in [-0.15, -0.1) is 0 Å². The zero-order valence-corrected chi connectivity index (χ0v) is 12.7. The minimum absolute atomic E-state index is 0.0240. The highest BCUT2D eigenvalue weighted by molar-refractivity contribution is 9.10. The number of halogens is 1. The normalized spacial score (nSPS) is 25.8. The minimum atomic E-state index is -0.111. The van der Waals surface area contributed by atoms with Crippen LogP contribution < -0.4 is 11.1 Å². The number of benzene rings is 1. The Bertz CT molecular complexity index is 477. The highest BCUT2D eigenvalue weighted by Crippen LogP contribution is 2.25. The number of carbonyl (C=O) groups excluding carboxylic acids is 1. The predicted molar refractivity (Wildman–Crippen MR) is 78.1 cm³/mol. The Morgan fingerprint density at radius 1 is 1.58 bits per heavy atom. The second-order valence-electron chi connectivity index (χ2n) is 4.83. The van der Waals surface area contributed by atoms with Gasteiger partial charge in [-0.3, -0.25) is 4.79 Å². The van der Waals surface area contributed by atoms with Gasteiger partial charge in [-0.1, -0.05) is 12.1 Å². The zero-order valence-electron chi connectivity index (χ0n) is 11.2. The molecule has 0 bridgehead atoms. The fourth-order valence-corrected chi connectivity index (χ4v) is 2.72. The fourth-order valence-electron chi connectivity index (χ4n) is 2.28. The lowest BCUT2D eigenvalue weighted by atomic mass is 9.83. The summed E-state index contributed by atoms with van der Waals surface area (Å²) in [5.41, 5.74) is 7.60. The Kier molecular flexibility index (Phi) is 4.60. The molecule has 1 aromatic carbocycles. The molecule has 1 fully saturated rings. The molecule has 0 heterocycles. The van der Waals surface area contributed by atoms with Gasteiger partial charge >= 0.3 is 0 Å². The van der Waals surface area contributed by atoms with Gasteiger partial charge in [0.25, 0.3) is 5.91 Å². The summed E-state index contributed by atoms with van der Waals surface area (Å²) in [6.07, 6.45) is 0.834. The van der Waals surface area contributed by atoms with Crippen molar-refractivity contribution in [2.75, 3.05) is 6.61 Å². The van der Waals surface area contributed by atoms with E-state index in [1.165, 1.54) is 0 Å². The lowest BCUT2D eigenvalue weighted by Crippen LogP contribution is -2.64. The summed E-state index contributed by atoms with van der Waals surface area (Å²) in [6.45, 7) is 4.54. The van der Waals surface area contributed by atoms with Gasteiger partial charge in [-0.2, -0.15) is 0 Å². The van der Waals surface area contributed by atoms with Gasteiger partial charge in [0.2, 0.25) is 0 Å². The highest BCUT2D eigenvalue weighted by Gasteiger charge is 2.40. The molecule has 1 aromatic rings. The first-order valence-corrected chi connectivity index (χ1v) is 7.27. The van der Waals surface area contributed by atoms with Gasteiger partial charge in [0.05, 0.1) is 17.7 Å². The number of hydrogen-bond donors (Lipinski definition) is 2. The molecule has 0 saturated heterocycles. The van der Waals surface area contributed by atoms with E-state index in [0.29, 0.717) is 12.2 Å². The number of rotatable bonds is 4. The molecular weight excluding hydrogens is 308 g/mol. The molecule has 0 aromatic heterocycles. The van der Waals surface area contributed by atoms with E-state index in [2.05, 4.69) is 21.2 Å². The van der Waals surface area contributed by atoms with Crippen molar-refractivity contribution in [2.24, 2.45) is 5.73 Å². The Hall–Kier alpha value is -0.910. The van der Waals surface area contributed by atoms with Crippen LogP contribution in [0.5, 0.6) is 0 Å². The molecule has 3 unspecified atom stereocenters. The van der Waals surface area contributed by atoms with Crippen molar-refractivity contribution in [1.29, 1.82) is 0 Å². The van der Waals surface area contributed by atoms with Crippen LogP contribution in [0.25, 0.3) is 0 Å². The van der Waals surface area contributed by atoms with E-state index in [4.69, 9.17) is 10.5 Å². The summed E-state index contributed by atoms with van der Waals surface area (Å²) in [5, 5.41) is 2.97. The second kappa shape index (κ2) is 6.03. The molecule has 3 N–H and O–H groups in total. The monoisotopic (exact) mass is 326 g/mol. The van der Waals surface area contributed by atoms with Crippen LogP contribution in [0.1, 0.15) is 29.3 Å². The molecule has 0 radical (unpaired) electrons. The lowest BCUT2D eigenvalue weighted by Gasteiger charge is -2.42. The van der Waals surface area contributed by atoms with Crippen LogP contribution in [-0.4, -0.2) is 30.7 Å². The van der Waals surface area contributed by atoms with Gasteiger partial charge in [0.15, 0.2) is 0 Å². The van der Waals surface area contributed by atoms with Gasteiger partial charge in [-0.25, -0.2) is 0 Å². The van der Waals surface area contributed by atoms with E-state index >= 15 is 0 Å². The Morgan fingerprint density at radius 3 is 2.95 bits per heavy atom. The number of ether oxygens (including phenoxy) is 1. The number of nitrogens with two attached hydrogens (primary N) is 1. The molecule has 1 aliphatic rings. The minimum Gasteiger partial charge on any atom is -0.376 e. The number of hydrogen-bond acceptors (Lipinski definition) is 3. The van der Waals surface area contributed by atoms with Crippen molar-refractivity contribution in [3.63, 3.8) is 0 Å². The Labute approximate surface area is 121 Å². The maximum atomic E-state index is 12.3. The average Bonchev–Trinajstić information content (AvgIpc) is 2.39. The Balaban J connectivity index is 2.06. The molecule has 1 aliphatic carbocycles. The van der Waals surface area contributed by atoms with Gasteiger partial charge in [-0.05, 0) is 47.8 Å². The molecule has 5 heteroatoms. The number of amides is 1. The summed E-state index contributed by atoms with van der Waals surface area (Å²) < 4.78 is 6.37. The first-order chi connectivity index (χ1) is 9.04. The van der Waals surface area contributed by atoms with Crippen LogP contribution in [-0.2, 0) is 4.74 Å². The summed E-state index contributed by atoms with van der Waals surface area (Å²) in [5.74, 6) is -0.111. The molecule has 19 heavy (non-hydrogen) atoms. The zero-order chi connectivity index (χ0) is 14.0. The van der Waals surface area contributed by atoms with Crippen LogP contribution in [0.15, 0.2) is 22.7 Å². The Morgan fingerprint density at radius 2 is 2.32 bits per heavy atom. The third kappa shape index (κ3) is 2.99.